The van der Waals surface area contributed by atoms with Gasteiger partial charge in [-0.25, -0.2) is 9.18 Å². The van der Waals surface area contributed by atoms with Crippen molar-refractivity contribution in [1.29, 1.82) is 0 Å². The van der Waals surface area contributed by atoms with Crippen LogP contribution in [0.15, 0.2) is 24.5 Å². The van der Waals surface area contributed by atoms with Crippen molar-refractivity contribution >= 4 is 5.97 Å². The summed E-state index contributed by atoms with van der Waals surface area (Å²) >= 11 is 0. The van der Waals surface area contributed by atoms with Gasteiger partial charge in [-0.15, -0.1) is 0 Å². The first-order valence-electron chi connectivity index (χ1n) is 3.61. The number of aliphatic carboxylic acids is 1. The first-order chi connectivity index (χ1) is 6.46. The van der Waals surface area contributed by atoms with Crippen LogP contribution in [0.4, 0.5) is 13.2 Å². The van der Waals surface area contributed by atoms with Crippen molar-refractivity contribution < 1.29 is 23.1 Å². The van der Waals surface area contributed by atoms with Crippen LogP contribution in [0, 0.1) is 0 Å². The van der Waals surface area contributed by atoms with Crippen molar-refractivity contribution in [2.45, 2.75) is 12.1 Å². The minimum atomic E-state index is -4.42. The highest BCUT2D eigenvalue weighted by Gasteiger charge is 2.49. The van der Waals surface area contributed by atoms with Gasteiger partial charge in [-0.3, -0.25) is 4.98 Å². The summed E-state index contributed by atoms with van der Waals surface area (Å²) in [5.41, 5.74) is -0.410. The van der Waals surface area contributed by atoms with Crippen LogP contribution in [0.2, 0.25) is 0 Å². The number of halogens is 3. The third kappa shape index (κ3) is 1.84. The number of pyridine rings is 1. The number of alkyl halides is 3. The lowest BCUT2D eigenvalue weighted by atomic mass is 10.1. The summed E-state index contributed by atoms with van der Waals surface area (Å²) in [7, 11) is 0. The molecule has 1 heterocycles. The minimum Gasteiger partial charge on any atom is -0.477 e. The Bertz CT molecular complexity index is 329. The lowest BCUT2D eigenvalue weighted by molar-refractivity contribution is -0.175. The molecule has 0 saturated carbocycles. The van der Waals surface area contributed by atoms with Crippen molar-refractivity contribution in [3.8, 4) is 0 Å². The molecule has 1 aromatic heterocycles. The molecule has 0 fully saturated rings. The third-order valence-electron chi connectivity index (χ3n) is 1.60. The maximum absolute atomic E-state index is 13.0. The fourth-order valence-corrected chi connectivity index (χ4v) is 0.850. The van der Waals surface area contributed by atoms with Gasteiger partial charge in [0.25, 0.3) is 0 Å². The van der Waals surface area contributed by atoms with E-state index in [4.69, 9.17) is 5.11 Å². The van der Waals surface area contributed by atoms with E-state index in [2.05, 4.69) is 4.98 Å². The van der Waals surface area contributed by atoms with Crippen molar-refractivity contribution in [2.24, 2.45) is 0 Å². The fourth-order valence-electron chi connectivity index (χ4n) is 0.850. The maximum Gasteiger partial charge on any atom is 0.378 e. The molecule has 1 aromatic rings. The molecule has 0 radical (unpaired) electrons. The average Bonchev–Trinajstić information content (AvgIpc) is 2.17. The van der Waals surface area contributed by atoms with Gasteiger partial charge in [-0.2, -0.15) is 8.78 Å². The summed E-state index contributed by atoms with van der Waals surface area (Å²) in [4.78, 5) is 13.5. The second-order valence-electron chi connectivity index (χ2n) is 2.57. The summed E-state index contributed by atoms with van der Waals surface area (Å²) in [5, 5.41) is 8.07. The number of hydrogen-bond acceptors (Lipinski definition) is 2. The van der Waals surface area contributed by atoms with Gasteiger partial charge in [0.05, 0.1) is 0 Å². The molecule has 1 N–H and O–H groups in total. The van der Waals surface area contributed by atoms with Crippen molar-refractivity contribution in [3.63, 3.8) is 0 Å². The monoisotopic (exact) mass is 205 g/mol. The second-order valence-corrected chi connectivity index (χ2v) is 2.57. The molecule has 6 heteroatoms. The first kappa shape index (κ1) is 10.5. The molecular weight excluding hydrogens is 199 g/mol. The molecule has 0 aliphatic rings. The molecule has 3 nitrogen and oxygen atoms in total. The van der Waals surface area contributed by atoms with Crippen LogP contribution in [0.1, 0.15) is 11.7 Å². The van der Waals surface area contributed by atoms with Gasteiger partial charge in [-0.05, 0) is 17.7 Å². The smallest absolute Gasteiger partial charge is 0.378 e. The summed E-state index contributed by atoms with van der Waals surface area (Å²) in [6, 6.07) is 2.00. The standard InChI is InChI=1S/C8H6F3NO2/c9-6(8(10,11)7(13)14)5-1-3-12-4-2-5/h1-4,6H,(H,13,14). The molecular formula is C8H6F3NO2. The van der Waals surface area contributed by atoms with Gasteiger partial charge in [0.2, 0.25) is 0 Å². The van der Waals surface area contributed by atoms with E-state index in [1.54, 1.807) is 0 Å². The van der Waals surface area contributed by atoms with Gasteiger partial charge < -0.3 is 5.11 Å². The molecule has 1 atom stereocenters. The maximum atomic E-state index is 13.0. The van der Waals surface area contributed by atoms with Crippen LogP contribution >= 0.6 is 0 Å². The molecule has 0 aliphatic carbocycles. The Balaban J connectivity index is 2.96. The Hall–Kier alpha value is -1.59. The van der Waals surface area contributed by atoms with Gasteiger partial charge in [0.1, 0.15) is 0 Å². The van der Waals surface area contributed by atoms with E-state index in [0.717, 1.165) is 24.5 Å². The van der Waals surface area contributed by atoms with E-state index in [0.29, 0.717) is 0 Å². The zero-order chi connectivity index (χ0) is 10.8. The largest absolute Gasteiger partial charge is 0.477 e. The molecule has 0 aliphatic heterocycles. The summed E-state index contributed by atoms with van der Waals surface area (Å²) in [6.07, 6.45) is -0.636. The van der Waals surface area contributed by atoms with Crippen molar-refractivity contribution in [2.75, 3.05) is 0 Å². The molecule has 1 unspecified atom stereocenters. The van der Waals surface area contributed by atoms with E-state index in [1.165, 1.54) is 0 Å². The van der Waals surface area contributed by atoms with Crippen LogP contribution in [0.25, 0.3) is 0 Å². The van der Waals surface area contributed by atoms with Crippen LogP contribution in [0.5, 0.6) is 0 Å². The highest BCUT2D eigenvalue weighted by Crippen LogP contribution is 2.34. The zero-order valence-corrected chi connectivity index (χ0v) is 6.82. The number of rotatable bonds is 3. The SMILES string of the molecule is O=C(O)C(F)(F)C(F)c1ccncc1. The Morgan fingerprint density at radius 1 is 1.43 bits per heavy atom. The Kier molecular flexibility index (Phi) is 2.73. The number of carboxylic acids is 1. The fraction of sp³-hybridized carbons (Fsp3) is 0.250. The number of aromatic nitrogens is 1. The Morgan fingerprint density at radius 3 is 2.36 bits per heavy atom. The number of nitrogens with zero attached hydrogens (tertiary/aromatic N) is 1. The predicted octanol–water partition coefficient (Wildman–Crippen LogP) is 1.81. The molecule has 0 spiro atoms. The van der Waals surface area contributed by atoms with E-state index >= 15 is 0 Å². The Labute approximate surface area is 77.2 Å². The van der Waals surface area contributed by atoms with Crippen LogP contribution < -0.4 is 0 Å². The number of carboxylic acid groups (broad SMARTS) is 1. The quantitative estimate of drug-likeness (QED) is 0.818. The van der Waals surface area contributed by atoms with Crippen LogP contribution in [0.3, 0.4) is 0 Å². The second kappa shape index (κ2) is 3.65. The zero-order valence-electron chi connectivity index (χ0n) is 6.82. The molecule has 76 valence electrons. The Morgan fingerprint density at radius 2 is 1.93 bits per heavy atom. The normalized spacial score (nSPS) is 13.6. The summed E-state index contributed by atoms with van der Waals surface area (Å²) in [5.74, 6) is -6.90. The summed E-state index contributed by atoms with van der Waals surface area (Å²) < 4.78 is 38.3. The molecule has 0 saturated heterocycles. The van der Waals surface area contributed by atoms with Crippen LogP contribution in [-0.4, -0.2) is 22.0 Å². The van der Waals surface area contributed by atoms with Gasteiger partial charge >= 0.3 is 11.9 Å². The third-order valence-corrected chi connectivity index (χ3v) is 1.60. The highest BCUT2D eigenvalue weighted by atomic mass is 19.3. The van der Waals surface area contributed by atoms with E-state index < -0.39 is 23.6 Å². The topological polar surface area (TPSA) is 50.2 Å². The molecule has 14 heavy (non-hydrogen) atoms. The van der Waals surface area contributed by atoms with Gasteiger partial charge in [0, 0.05) is 12.4 Å². The lowest BCUT2D eigenvalue weighted by Gasteiger charge is -2.15. The first-order valence-corrected chi connectivity index (χ1v) is 3.61. The average molecular weight is 205 g/mol. The minimum absolute atomic E-state index is 0.410. The molecule has 0 aromatic carbocycles. The van der Waals surface area contributed by atoms with Crippen molar-refractivity contribution in [1.82, 2.24) is 4.98 Å². The summed E-state index contributed by atoms with van der Waals surface area (Å²) in [6.45, 7) is 0. The predicted molar refractivity (Wildman–Crippen MR) is 40.7 cm³/mol. The van der Waals surface area contributed by atoms with E-state index in [9.17, 15) is 18.0 Å². The van der Waals surface area contributed by atoms with E-state index in [1.807, 2.05) is 0 Å². The van der Waals surface area contributed by atoms with E-state index in [-0.39, 0.29) is 0 Å². The van der Waals surface area contributed by atoms with Crippen LogP contribution in [-0.2, 0) is 4.79 Å². The molecule has 0 bridgehead atoms. The molecule has 0 amide bonds. The van der Waals surface area contributed by atoms with Gasteiger partial charge in [-0.1, -0.05) is 0 Å². The van der Waals surface area contributed by atoms with Crippen molar-refractivity contribution in [3.05, 3.63) is 30.1 Å². The number of carbonyl (C=O) groups is 1. The van der Waals surface area contributed by atoms with Gasteiger partial charge in [0.15, 0.2) is 6.17 Å². The highest BCUT2D eigenvalue weighted by molar-refractivity contribution is 5.76. The molecule has 1 rings (SSSR count). The number of hydrogen-bond donors (Lipinski definition) is 1. The lowest BCUT2D eigenvalue weighted by Crippen LogP contribution is -2.33.